The van der Waals surface area contributed by atoms with Crippen molar-refractivity contribution in [2.75, 3.05) is 7.11 Å². The first kappa shape index (κ1) is 10.2. The molecule has 0 amide bonds. The van der Waals surface area contributed by atoms with Crippen LogP contribution in [0.2, 0.25) is 0 Å². The minimum absolute atomic E-state index is 0.387. The fraction of sp³-hybridized carbons (Fsp3) is 0.111. The van der Waals surface area contributed by atoms with Crippen LogP contribution in [0.1, 0.15) is 20.7 Å². The van der Waals surface area contributed by atoms with E-state index in [0.717, 1.165) is 6.29 Å². The zero-order valence-corrected chi connectivity index (χ0v) is 9.07. The van der Waals surface area contributed by atoms with Gasteiger partial charge in [0.05, 0.1) is 12.7 Å². The van der Waals surface area contributed by atoms with Gasteiger partial charge in [0.15, 0.2) is 0 Å². The minimum Gasteiger partial charge on any atom is -0.465 e. The molecule has 0 N–H and O–H groups in total. The molecule has 0 spiro atoms. The van der Waals surface area contributed by atoms with Gasteiger partial charge in [-0.2, -0.15) is 0 Å². The molecule has 0 unspecified atom stereocenters. The monoisotopic (exact) mass is 290 g/mol. The van der Waals surface area contributed by atoms with Gasteiger partial charge in [-0.25, -0.2) is 4.79 Å². The smallest absolute Gasteiger partial charge is 0.338 e. The summed E-state index contributed by atoms with van der Waals surface area (Å²) in [5.74, 6) is -0.387. The van der Waals surface area contributed by atoms with Crippen LogP contribution in [0.3, 0.4) is 0 Å². The summed E-state index contributed by atoms with van der Waals surface area (Å²) in [5.41, 5.74) is 1.03. The second kappa shape index (κ2) is 4.36. The number of rotatable bonds is 2. The SMILES string of the molecule is COC(=O)c1ccc(C=O)cc1I. The number of methoxy groups -OCH3 is 1. The van der Waals surface area contributed by atoms with Crippen LogP contribution in [0.4, 0.5) is 0 Å². The molecule has 0 radical (unpaired) electrons. The maximum absolute atomic E-state index is 11.1. The number of carbonyl (C=O) groups is 2. The lowest BCUT2D eigenvalue weighted by Crippen LogP contribution is -2.03. The van der Waals surface area contributed by atoms with E-state index in [4.69, 9.17) is 0 Å². The fourth-order valence-corrected chi connectivity index (χ4v) is 1.64. The van der Waals surface area contributed by atoms with Crippen molar-refractivity contribution in [3.63, 3.8) is 0 Å². The van der Waals surface area contributed by atoms with Gasteiger partial charge in [0, 0.05) is 9.13 Å². The van der Waals surface area contributed by atoms with E-state index in [2.05, 4.69) is 4.74 Å². The van der Waals surface area contributed by atoms with Gasteiger partial charge < -0.3 is 4.74 Å². The Morgan fingerprint density at radius 3 is 2.69 bits per heavy atom. The van der Waals surface area contributed by atoms with Crippen LogP contribution in [0.25, 0.3) is 0 Å². The lowest BCUT2D eigenvalue weighted by atomic mass is 10.1. The highest BCUT2D eigenvalue weighted by molar-refractivity contribution is 14.1. The van der Waals surface area contributed by atoms with Crippen molar-refractivity contribution in [1.29, 1.82) is 0 Å². The van der Waals surface area contributed by atoms with Gasteiger partial charge in [-0.1, -0.05) is 6.07 Å². The van der Waals surface area contributed by atoms with Gasteiger partial charge in [-0.3, -0.25) is 4.79 Å². The number of ether oxygens (including phenoxy) is 1. The van der Waals surface area contributed by atoms with Gasteiger partial charge in [0.1, 0.15) is 6.29 Å². The van der Waals surface area contributed by atoms with Crippen LogP contribution in [0.5, 0.6) is 0 Å². The molecule has 0 aliphatic carbocycles. The summed E-state index contributed by atoms with van der Waals surface area (Å²) in [6.07, 6.45) is 0.739. The van der Waals surface area contributed by atoms with E-state index >= 15 is 0 Å². The molecule has 0 heterocycles. The summed E-state index contributed by atoms with van der Waals surface area (Å²) in [6, 6.07) is 4.80. The highest BCUT2D eigenvalue weighted by Gasteiger charge is 2.09. The van der Waals surface area contributed by atoms with Crippen molar-refractivity contribution in [3.05, 3.63) is 32.9 Å². The van der Waals surface area contributed by atoms with E-state index < -0.39 is 0 Å². The summed E-state index contributed by atoms with van der Waals surface area (Å²) in [4.78, 5) is 21.5. The quantitative estimate of drug-likeness (QED) is 0.474. The zero-order chi connectivity index (χ0) is 9.84. The molecule has 0 fully saturated rings. The van der Waals surface area contributed by atoms with Crippen molar-refractivity contribution in [3.8, 4) is 0 Å². The molecule has 0 saturated carbocycles. The van der Waals surface area contributed by atoms with Gasteiger partial charge in [0.25, 0.3) is 0 Å². The van der Waals surface area contributed by atoms with E-state index in [1.165, 1.54) is 7.11 Å². The molecule has 0 saturated heterocycles. The minimum atomic E-state index is -0.387. The van der Waals surface area contributed by atoms with E-state index in [0.29, 0.717) is 14.7 Å². The normalized spacial score (nSPS) is 9.38. The average molecular weight is 290 g/mol. The number of aldehydes is 1. The maximum atomic E-state index is 11.1. The number of benzene rings is 1. The summed E-state index contributed by atoms with van der Waals surface area (Å²) in [6.45, 7) is 0. The highest BCUT2D eigenvalue weighted by atomic mass is 127. The lowest BCUT2D eigenvalue weighted by molar-refractivity contribution is 0.0599. The van der Waals surface area contributed by atoms with Crippen LogP contribution in [0.15, 0.2) is 18.2 Å². The Bertz CT molecular complexity index is 347. The molecule has 1 rings (SSSR count). The van der Waals surface area contributed by atoms with Gasteiger partial charge in [-0.15, -0.1) is 0 Å². The largest absolute Gasteiger partial charge is 0.465 e. The Labute approximate surface area is 89.2 Å². The Hall–Kier alpha value is -0.910. The summed E-state index contributed by atoms with van der Waals surface area (Å²) in [5, 5.41) is 0. The average Bonchev–Trinajstić information content (AvgIpc) is 2.16. The van der Waals surface area contributed by atoms with Gasteiger partial charge in [-0.05, 0) is 34.7 Å². The first-order valence-corrected chi connectivity index (χ1v) is 4.60. The third-order valence-corrected chi connectivity index (χ3v) is 2.43. The molecular formula is C9H7IO3. The number of esters is 1. The molecule has 0 atom stereocenters. The predicted molar refractivity (Wildman–Crippen MR) is 55.9 cm³/mol. The van der Waals surface area contributed by atoms with Crippen molar-refractivity contribution < 1.29 is 14.3 Å². The van der Waals surface area contributed by atoms with Crippen molar-refractivity contribution in [1.82, 2.24) is 0 Å². The first-order valence-electron chi connectivity index (χ1n) is 3.52. The second-order valence-electron chi connectivity index (χ2n) is 2.35. The molecule has 3 nitrogen and oxygen atoms in total. The zero-order valence-electron chi connectivity index (χ0n) is 6.91. The number of hydrogen-bond acceptors (Lipinski definition) is 3. The van der Waals surface area contributed by atoms with Crippen molar-refractivity contribution >= 4 is 34.8 Å². The highest BCUT2D eigenvalue weighted by Crippen LogP contribution is 2.14. The Morgan fingerprint density at radius 1 is 1.54 bits per heavy atom. The van der Waals surface area contributed by atoms with Crippen LogP contribution in [-0.2, 0) is 4.74 Å². The maximum Gasteiger partial charge on any atom is 0.338 e. The second-order valence-corrected chi connectivity index (χ2v) is 3.51. The standard InChI is InChI=1S/C9H7IO3/c1-13-9(12)7-3-2-6(5-11)4-8(7)10/h2-5H,1H3. The third kappa shape index (κ3) is 2.27. The van der Waals surface area contributed by atoms with E-state index in [1.54, 1.807) is 18.2 Å². The Balaban J connectivity index is 3.12. The molecule has 68 valence electrons. The third-order valence-electron chi connectivity index (χ3n) is 1.53. The molecule has 13 heavy (non-hydrogen) atoms. The van der Waals surface area contributed by atoms with Crippen molar-refractivity contribution in [2.24, 2.45) is 0 Å². The summed E-state index contributed by atoms with van der Waals surface area (Å²) >= 11 is 1.99. The molecule has 0 aliphatic heterocycles. The molecular weight excluding hydrogens is 283 g/mol. The van der Waals surface area contributed by atoms with Crippen LogP contribution in [-0.4, -0.2) is 19.4 Å². The molecule has 0 bridgehead atoms. The topological polar surface area (TPSA) is 43.4 Å². The van der Waals surface area contributed by atoms with E-state index in [9.17, 15) is 9.59 Å². The number of carbonyl (C=O) groups excluding carboxylic acids is 2. The molecule has 4 heteroatoms. The van der Waals surface area contributed by atoms with Gasteiger partial charge >= 0.3 is 5.97 Å². The fourth-order valence-electron chi connectivity index (χ4n) is 0.880. The van der Waals surface area contributed by atoms with Gasteiger partial charge in [0.2, 0.25) is 0 Å². The van der Waals surface area contributed by atoms with Crippen LogP contribution in [0, 0.1) is 3.57 Å². The number of hydrogen-bond donors (Lipinski definition) is 0. The molecule has 0 aromatic heterocycles. The Kier molecular flexibility index (Phi) is 3.41. The van der Waals surface area contributed by atoms with Crippen LogP contribution >= 0.6 is 22.6 Å². The lowest BCUT2D eigenvalue weighted by Gasteiger charge is -2.01. The van der Waals surface area contributed by atoms with Crippen LogP contribution < -0.4 is 0 Å². The molecule has 1 aromatic carbocycles. The van der Waals surface area contributed by atoms with Crippen molar-refractivity contribution in [2.45, 2.75) is 0 Å². The molecule has 0 aliphatic rings. The summed E-state index contributed by atoms with van der Waals surface area (Å²) < 4.78 is 5.28. The Morgan fingerprint density at radius 2 is 2.23 bits per heavy atom. The number of halogens is 1. The van der Waals surface area contributed by atoms with E-state index in [-0.39, 0.29) is 5.97 Å². The summed E-state index contributed by atoms with van der Waals surface area (Å²) in [7, 11) is 1.33. The molecule has 1 aromatic rings. The van der Waals surface area contributed by atoms with E-state index in [1.807, 2.05) is 22.6 Å². The predicted octanol–water partition coefficient (Wildman–Crippen LogP) is 1.89. The first-order chi connectivity index (χ1) is 6.19.